The van der Waals surface area contributed by atoms with Crippen molar-refractivity contribution in [3.8, 4) is 0 Å². The van der Waals surface area contributed by atoms with Crippen LogP contribution in [0.15, 0.2) is 19.6 Å². The quantitative estimate of drug-likeness (QED) is 0.733. The van der Waals surface area contributed by atoms with Crippen LogP contribution < -0.4 is 5.32 Å². The summed E-state index contributed by atoms with van der Waals surface area (Å²) in [7, 11) is -3.05. The highest BCUT2D eigenvalue weighted by atomic mass is 79.9. The standard InChI is InChI=1S/C13H20Br2N2O3S/c1-2-7-21(18,19)17-5-3-10(4-6-17)16-9-11-8-12(14)13(15)20-11/h8,10,16H,2-7,9H2,1H3. The minimum atomic E-state index is -3.05. The molecule has 5 nitrogen and oxygen atoms in total. The number of nitrogens with one attached hydrogen (secondary N) is 1. The smallest absolute Gasteiger partial charge is 0.214 e. The van der Waals surface area contributed by atoms with Crippen LogP contribution >= 0.6 is 31.9 Å². The van der Waals surface area contributed by atoms with Crippen LogP contribution in [0.1, 0.15) is 31.9 Å². The monoisotopic (exact) mass is 442 g/mol. The van der Waals surface area contributed by atoms with Crippen molar-refractivity contribution in [1.29, 1.82) is 0 Å². The van der Waals surface area contributed by atoms with Crippen LogP contribution in [0, 0.1) is 0 Å². The van der Waals surface area contributed by atoms with Crippen molar-refractivity contribution in [2.75, 3.05) is 18.8 Å². The molecule has 1 aromatic heterocycles. The zero-order valence-electron chi connectivity index (χ0n) is 11.9. The number of piperidine rings is 1. The lowest BCUT2D eigenvalue weighted by Crippen LogP contribution is -2.45. The van der Waals surface area contributed by atoms with Gasteiger partial charge in [-0.3, -0.25) is 0 Å². The van der Waals surface area contributed by atoms with Gasteiger partial charge in [-0.05, 0) is 57.2 Å². The first-order chi connectivity index (χ1) is 9.92. The van der Waals surface area contributed by atoms with Gasteiger partial charge in [0.05, 0.1) is 16.8 Å². The SMILES string of the molecule is CCCS(=O)(=O)N1CCC(NCc2cc(Br)c(Br)o2)CC1. The first kappa shape index (κ1) is 17.5. The molecule has 8 heteroatoms. The lowest BCUT2D eigenvalue weighted by atomic mass is 10.1. The number of furan rings is 1. The highest BCUT2D eigenvalue weighted by Crippen LogP contribution is 2.26. The summed E-state index contributed by atoms with van der Waals surface area (Å²) in [6.45, 7) is 3.75. The molecule has 0 aliphatic carbocycles. The van der Waals surface area contributed by atoms with E-state index in [1.54, 1.807) is 4.31 Å². The van der Waals surface area contributed by atoms with E-state index in [1.807, 2.05) is 13.0 Å². The maximum absolute atomic E-state index is 12.0. The van der Waals surface area contributed by atoms with Gasteiger partial charge in [-0.15, -0.1) is 0 Å². The number of rotatable bonds is 6. The van der Waals surface area contributed by atoms with E-state index in [9.17, 15) is 8.42 Å². The third kappa shape index (κ3) is 4.79. The number of nitrogens with zero attached hydrogens (tertiary/aromatic N) is 1. The average Bonchev–Trinajstić information content (AvgIpc) is 2.76. The second-order valence-electron chi connectivity index (χ2n) is 5.20. The lowest BCUT2D eigenvalue weighted by Gasteiger charge is -2.31. The summed E-state index contributed by atoms with van der Waals surface area (Å²) in [5.74, 6) is 1.11. The zero-order chi connectivity index (χ0) is 15.5. The molecule has 2 heterocycles. The van der Waals surface area contributed by atoms with Gasteiger partial charge in [-0.1, -0.05) is 6.92 Å². The molecule has 1 saturated heterocycles. The maximum atomic E-state index is 12.0. The van der Waals surface area contributed by atoms with E-state index in [2.05, 4.69) is 37.2 Å². The molecule has 0 atom stereocenters. The minimum Gasteiger partial charge on any atom is -0.452 e. The summed E-state index contributed by atoms with van der Waals surface area (Å²) in [6, 6.07) is 2.26. The van der Waals surface area contributed by atoms with E-state index < -0.39 is 10.0 Å². The highest BCUT2D eigenvalue weighted by molar-refractivity contribution is 9.13. The van der Waals surface area contributed by atoms with Gasteiger partial charge in [0.15, 0.2) is 4.67 Å². The van der Waals surface area contributed by atoms with Gasteiger partial charge in [0.1, 0.15) is 5.76 Å². The molecule has 0 radical (unpaired) electrons. The average molecular weight is 444 g/mol. The summed E-state index contributed by atoms with van der Waals surface area (Å²) in [5, 5.41) is 3.43. The number of hydrogen-bond donors (Lipinski definition) is 1. The van der Waals surface area contributed by atoms with Crippen LogP contribution in [0.5, 0.6) is 0 Å². The Morgan fingerprint density at radius 3 is 2.57 bits per heavy atom. The number of sulfonamides is 1. The molecule has 120 valence electrons. The van der Waals surface area contributed by atoms with E-state index >= 15 is 0 Å². The zero-order valence-corrected chi connectivity index (χ0v) is 15.9. The molecule has 1 aliphatic rings. The lowest BCUT2D eigenvalue weighted by molar-refractivity contribution is 0.283. The van der Waals surface area contributed by atoms with Gasteiger partial charge >= 0.3 is 0 Å². The molecule has 1 aromatic rings. The molecule has 0 saturated carbocycles. The Morgan fingerprint density at radius 2 is 2.05 bits per heavy atom. The van der Waals surface area contributed by atoms with Crippen molar-refractivity contribution in [2.24, 2.45) is 0 Å². The van der Waals surface area contributed by atoms with Gasteiger partial charge < -0.3 is 9.73 Å². The Balaban J connectivity index is 1.79. The third-order valence-corrected chi connectivity index (χ3v) is 7.36. The minimum absolute atomic E-state index is 0.250. The van der Waals surface area contributed by atoms with E-state index in [0.717, 1.165) is 23.1 Å². The van der Waals surface area contributed by atoms with E-state index in [4.69, 9.17) is 4.42 Å². The molecule has 0 spiro atoms. The van der Waals surface area contributed by atoms with Crippen molar-refractivity contribution in [1.82, 2.24) is 9.62 Å². The van der Waals surface area contributed by atoms with Crippen molar-refractivity contribution < 1.29 is 12.8 Å². The summed E-state index contributed by atoms with van der Waals surface area (Å²) in [5.41, 5.74) is 0. The van der Waals surface area contributed by atoms with Crippen molar-refractivity contribution in [2.45, 2.75) is 38.8 Å². The molecular formula is C13H20Br2N2O3S. The van der Waals surface area contributed by atoms with Crippen LogP contribution in [0.3, 0.4) is 0 Å². The van der Waals surface area contributed by atoms with E-state index in [1.165, 1.54) is 0 Å². The Labute approximate surface area is 142 Å². The molecule has 0 unspecified atom stereocenters. The second kappa shape index (κ2) is 7.59. The molecular weight excluding hydrogens is 424 g/mol. The van der Waals surface area contributed by atoms with Crippen LogP contribution in [-0.4, -0.2) is 37.6 Å². The fraction of sp³-hybridized carbons (Fsp3) is 0.692. The number of halogens is 2. The summed E-state index contributed by atoms with van der Waals surface area (Å²) in [4.78, 5) is 0. The van der Waals surface area contributed by atoms with Crippen LogP contribution in [0.4, 0.5) is 0 Å². The normalized spacial score (nSPS) is 18.2. The molecule has 0 aromatic carbocycles. The first-order valence-corrected chi connectivity index (χ1v) is 10.3. The molecule has 21 heavy (non-hydrogen) atoms. The van der Waals surface area contributed by atoms with Crippen LogP contribution in [0.25, 0.3) is 0 Å². The topological polar surface area (TPSA) is 62.6 Å². The van der Waals surface area contributed by atoms with Crippen molar-refractivity contribution >= 4 is 41.9 Å². The van der Waals surface area contributed by atoms with E-state index in [0.29, 0.717) is 36.8 Å². The van der Waals surface area contributed by atoms with E-state index in [-0.39, 0.29) is 5.75 Å². The Hall–Kier alpha value is 0.110. The van der Waals surface area contributed by atoms with Crippen LogP contribution in [-0.2, 0) is 16.6 Å². The van der Waals surface area contributed by atoms with Gasteiger partial charge in [0.2, 0.25) is 10.0 Å². The van der Waals surface area contributed by atoms with Crippen molar-refractivity contribution in [3.05, 3.63) is 21.0 Å². The highest BCUT2D eigenvalue weighted by Gasteiger charge is 2.27. The second-order valence-corrected chi connectivity index (χ2v) is 8.87. The molecule has 1 fully saturated rings. The fourth-order valence-electron chi connectivity index (χ4n) is 2.45. The largest absolute Gasteiger partial charge is 0.452 e. The first-order valence-electron chi connectivity index (χ1n) is 7.07. The Morgan fingerprint density at radius 1 is 1.38 bits per heavy atom. The van der Waals surface area contributed by atoms with Crippen LogP contribution in [0.2, 0.25) is 0 Å². The van der Waals surface area contributed by atoms with Gasteiger partial charge in [-0.2, -0.15) is 0 Å². The van der Waals surface area contributed by atoms with Gasteiger partial charge in [-0.25, -0.2) is 12.7 Å². The molecule has 2 rings (SSSR count). The van der Waals surface area contributed by atoms with Crippen molar-refractivity contribution in [3.63, 3.8) is 0 Å². The number of hydrogen-bond acceptors (Lipinski definition) is 4. The van der Waals surface area contributed by atoms with Gasteiger partial charge in [0.25, 0.3) is 0 Å². The predicted octanol–water partition coefficient (Wildman–Crippen LogP) is 3.10. The maximum Gasteiger partial charge on any atom is 0.214 e. The molecule has 0 bridgehead atoms. The summed E-state index contributed by atoms with van der Waals surface area (Å²) < 4.78 is 32.7. The summed E-state index contributed by atoms with van der Waals surface area (Å²) >= 11 is 6.70. The molecule has 0 amide bonds. The Kier molecular flexibility index (Phi) is 6.31. The van der Waals surface area contributed by atoms with Gasteiger partial charge in [0, 0.05) is 19.1 Å². The fourth-order valence-corrected chi connectivity index (χ4v) is 4.65. The third-order valence-electron chi connectivity index (χ3n) is 3.57. The predicted molar refractivity (Wildman–Crippen MR) is 89.6 cm³/mol. The summed E-state index contributed by atoms with van der Waals surface area (Å²) in [6.07, 6.45) is 2.35. The molecule has 1 aliphatic heterocycles. The molecule has 1 N–H and O–H groups in total. The Bertz CT molecular complexity index is 546.